The first-order valence-electron chi connectivity index (χ1n) is 7.36. The summed E-state index contributed by atoms with van der Waals surface area (Å²) in [4.78, 5) is 23.8. The van der Waals surface area contributed by atoms with Crippen LogP contribution in [-0.4, -0.2) is 33.4 Å². The van der Waals surface area contributed by atoms with E-state index in [-0.39, 0.29) is 11.8 Å². The molecule has 4 aliphatic rings. The maximum Gasteiger partial charge on any atom is 0.333 e. The van der Waals surface area contributed by atoms with E-state index in [2.05, 4.69) is 6.58 Å². The Morgan fingerprint density at radius 1 is 1.10 bits per heavy atom. The molecular formula is C16H22O5. The molecule has 5 nitrogen and oxygen atoms in total. The molecule has 4 fully saturated rings. The number of hydrogen-bond donors (Lipinski definition) is 2. The van der Waals surface area contributed by atoms with Gasteiger partial charge >= 0.3 is 11.9 Å². The zero-order valence-corrected chi connectivity index (χ0v) is 12.6. The number of carboxylic acid groups (broad SMARTS) is 1. The highest BCUT2D eigenvalue weighted by atomic mass is 16.6. The molecule has 0 spiro atoms. The second kappa shape index (κ2) is 3.88. The smallest absolute Gasteiger partial charge is 0.333 e. The van der Waals surface area contributed by atoms with E-state index in [0.717, 1.165) is 0 Å². The Morgan fingerprint density at radius 3 is 2.29 bits per heavy atom. The van der Waals surface area contributed by atoms with Gasteiger partial charge in [-0.05, 0) is 38.0 Å². The van der Waals surface area contributed by atoms with Crippen LogP contribution in [0.2, 0.25) is 0 Å². The molecule has 0 amide bonds. The molecule has 4 aliphatic carbocycles. The van der Waals surface area contributed by atoms with Crippen LogP contribution in [0, 0.1) is 10.8 Å². The van der Waals surface area contributed by atoms with Gasteiger partial charge < -0.3 is 14.9 Å². The molecule has 0 aromatic heterocycles. The van der Waals surface area contributed by atoms with Crippen molar-refractivity contribution >= 4 is 11.9 Å². The van der Waals surface area contributed by atoms with E-state index in [1.54, 1.807) is 6.92 Å². The van der Waals surface area contributed by atoms with Crippen molar-refractivity contribution in [2.24, 2.45) is 10.8 Å². The van der Waals surface area contributed by atoms with Crippen molar-refractivity contribution in [2.75, 3.05) is 0 Å². The molecular weight excluding hydrogens is 272 g/mol. The fourth-order valence-electron chi connectivity index (χ4n) is 5.60. The van der Waals surface area contributed by atoms with Crippen LogP contribution in [0.15, 0.2) is 12.2 Å². The predicted octanol–water partition coefficient (Wildman–Crippen LogP) is 2.03. The number of rotatable bonds is 3. The minimum absolute atomic E-state index is 0.261. The fourth-order valence-corrected chi connectivity index (χ4v) is 5.60. The number of aliphatic hydroxyl groups is 1. The minimum Gasteiger partial charge on any atom is -0.481 e. The van der Waals surface area contributed by atoms with Gasteiger partial charge in [0.2, 0.25) is 0 Å². The Labute approximate surface area is 124 Å². The lowest BCUT2D eigenvalue weighted by Gasteiger charge is -2.66. The van der Waals surface area contributed by atoms with E-state index in [9.17, 15) is 19.8 Å². The standard InChI is InChI=1S/C16H22O5/c1-10(2)11(17)21-16-6-13(3)4-14(8-16,12(18)19)7-15(20,5-13)9-16/h20H,1,4-9H2,2-3H3,(H,18,19). The topological polar surface area (TPSA) is 83.8 Å². The zero-order valence-electron chi connectivity index (χ0n) is 12.6. The van der Waals surface area contributed by atoms with Crippen molar-refractivity contribution in [1.82, 2.24) is 0 Å². The van der Waals surface area contributed by atoms with Crippen LogP contribution < -0.4 is 0 Å². The van der Waals surface area contributed by atoms with Crippen LogP contribution in [0.4, 0.5) is 0 Å². The highest BCUT2D eigenvalue weighted by molar-refractivity contribution is 5.87. The number of aliphatic carboxylic acids is 1. The highest BCUT2D eigenvalue weighted by Gasteiger charge is 2.70. The first kappa shape index (κ1) is 14.6. The van der Waals surface area contributed by atoms with E-state index >= 15 is 0 Å². The molecule has 0 aromatic rings. The first-order valence-corrected chi connectivity index (χ1v) is 7.36. The van der Waals surface area contributed by atoms with Gasteiger partial charge in [0.05, 0.1) is 11.0 Å². The van der Waals surface area contributed by atoms with E-state index in [0.29, 0.717) is 37.7 Å². The van der Waals surface area contributed by atoms with Crippen molar-refractivity contribution in [3.8, 4) is 0 Å². The van der Waals surface area contributed by atoms with Gasteiger partial charge in [-0.3, -0.25) is 4.79 Å². The monoisotopic (exact) mass is 294 g/mol. The van der Waals surface area contributed by atoms with Crippen LogP contribution in [0.1, 0.15) is 52.4 Å². The second-order valence-corrected chi connectivity index (χ2v) is 8.03. The van der Waals surface area contributed by atoms with Gasteiger partial charge in [0.15, 0.2) is 0 Å². The van der Waals surface area contributed by atoms with E-state index in [4.69, 9.17) is 4.74 Å². The van der Waals surface area contributed by atoms with Crippen LogP contribution in [-0.2, 0) is 14.3 Å². The van der Waals surface area contributed by atoms with E-state index in [1.165, 1.54) is 0 Å². The number of carbonyl (C=O) groups excluding carboxylic acids is 1. The van der Waals surface area contributed by atoms with Crippen molar-refractivity contribution in [3.05, 3.63) is 12.2 Å². The van der Waals surface area contributed by atoms with Crippen molar-refractivity contribution < 1.29 is 24.5 Å². The van der Waals surface area contributed by atoms with Crippen LogP contribution in [0.25, 0.3) is 0 Å². The largest absolute Gasteiger partial charge is 0.481 e. The molecule has 4 unspecified atom stereocenters. The maximum atomic E-state index is 12.0. The molecule has 4 rings (SSSR count). The lowest BCUT2D eigenvalue weighted by molar-refractivity contribution is -0.263. The summed E-state index contributed by atoms with van der Waals surface area (Å²) in [5.74, 6) is -1.38. The summed E-state index contributed by atoms with van der Waals surface area (Å²) < 4.78 is 5.66. The SMILES string of the molecule is C=C(C)C(=O)OC12CC3(C)CC(O)(C1)CC(C(=O)O)(C3)C2. The highest BCUT2D eigenvalue weighted by Crippen LogP contribution is 2.68. The molecule has 0 aliphatic heterocycles. The van der Waals surface area contributed by atoms with Gasteiger partial charge in [-0.25, -0.2) is 4.79 Å². The number of hydrogen-bond acceptors (Lipinski definition) is 4. The summed E-state index contributed by atoms with van der Waals surface area (Å²) in [7, 11) is 0. The van der Waals surface area contributed by atoms with Gasteiger partial charge in [-0.1, -0.05) is 13.5 Å². The summed E-state index contributed by atoms with van der Waals surface area (Å²) in [6.45, 7) is 7.16. The van der Waals surface area contributed by atoms with Crippen LogP contribution in [0.5, 0.6) is 0 Å². The molecule has 116 valence electrons. The quantitative estimate of drug-likeness (QED) is 0.614. The lowest BCUT2D eigenvalue weighted by atomic mass is 9.41. The molecule has 5 heteroatoms. The van der Waals surface area contributed by atoms with Gasteiger partial charge in [-0.15, -0.1) is 0 Å². The van der Waals surface area contributed by atoms with Crippen molar-refractivity contribution in [1.29, 1.82) is 0 Å². The third kappa shape index (κ3) is 2.09. The zero-order chi connectivity index (χ0) is 15.7. The molecule has 0 saturated heterocycles. The summed E-state index contributed by atoms with van der Waals surface area (Å²) >= 11 is 0. The Balaban J connectivity index is 2.02. The lowest BCUT2D eigenvalue weighted by Crippen LogP contribution is -2.68. The predicted molar refractivity (Wildman–Crippen MR) is 74.5 cm³/mol. The molecule has 0 heterocycles. The Hall–Kier alpha value is -1.36. The van der Waals surface area contributed by atoms with E-state index < -0.39 is 28.6 Å². The van der Waals surface area contributed by atoms with Gasteiger partial charge in [-0.2, -0.15) is 0 Å². The second-order valence-electron chi connectivity index (χ2n) is 8.03. The van der Waals surface area contributed by atoms with Crippen molar-refractivity contribution in [3.63, 3.8) is 0 Å². The summed E-state index contributed by atoms with van der Waals surface area (Å²) in [5, 5.41) is 20.5. The Morgan fingerprint density at radius 2 is 1.76 bits per heavy atom. The van der Waals surface area contributed by atoms with Crippen molar-refractivity contribution in [2.45, 2.75) is 63.6 Å². The summed E-state index contributed by atoms with van der Waals surface area (Å²) in [6, 6.07) is 0. The maximum absolute atomic E-state index is 12.0. The number of carboxylic acids is 1. The molecule has 4 saturated carbocycles. The molecule has 0 radical (unpaired) electrons. The fraction of sp³-hybridized carbons (Fsp3) is 0.750. The molecule has 21 heavy (non-hydrogen) atoms. The first-order chi connectivity index (χ1) is 9.51. The normalized spacial score (nSPS) is 47.2. The molecule has 0 aromatic carbocycles. The molecule has 4 bridgehead atoms. The average Bonchev–Trinajstić information content (AvgIpc) is 2.22. The molecule has 4 atom stereocenters. The van der Waals surface area contributed by atoms with Gasteiger partial charge in [0.25, 0.3) is 0 Å². The summed E-state index contributed by atoms with van der Waals surface area (Å²) in [6.07, 6.45) is 2.65. The van der Waals surface area contributed by atoms with Crippen LogP contribution >= 0.6 is 0 Å². The minimum atomic E-state index is -1.04. The summed E-state index contributed by atoms with van der Waals surface area (Å²) in [5.41, 5.74) is -2.89. The van der Waals surface area contributed by atoms with Crippen LogP contribution in [0.3, 0.4) is 0 Å². The molecule has 2 N–H and O–H groups in total. The van der Waals surface area contributed by atoms with Gasteiger partial charge in [0, 0.05) is 18.4 Å². The number of carbonyl (C=O) groups is 2. The van der Waals surface area contributed by atoms with Gasteiger partial charge in [0.1, 0.15) is 5.60 Å². The van der Waals surface area contributed by atoms with E-state index in [1.807, 2.05) is 6.92 Å². The Bertz CT molecular complexity index is 531. The third-order valence-electron chi connectivity index (χ3n) is 5.36. The number of ether oxygens (including phenoxy) is 1. The third-order valence-corrected chi connectivity index (χ3v) is 5.36. The Kier molecular flexibility index (Phi) is 2.70. The number of esters is 1. The average molecular weight is 294 g/mol.